The molecule has 0 bridgehead atoms. The van der Waals surface area contributed by atoms with E-state index < -0.39 is 0 Å². The fraction of sp³-hybridized carbons (Fsp3) is 0.562. The van der Waals surface area contributed by atoms with Gasteiger partial charge in [0.25, 0.3) is 0 Å². The van der Waals surface area contributed by atoms with E-state index in [2.05, 4.69) is 12.2 Å². The maximum atomic E-state index is 12.6. The Bertz CT molecular complexity index is 487. The second-order valence-corrected chi connectivity index (χ2v) is 6.42. The van der Waals surface area contributed by atoms with Gasteiger partial charge in [-0.15, -0.1) is 0 Å². The van der Waals surface area contributed by atoms with E-state index >= 15 is 0 Å². The molecule has 0 saturated carbocycles. The summed E-state index contributed by atoms with van der Waals surface area (Å²) in [5.41, 5.74) is 0.781. The molecule has 110 valence electrons. The topological polar surface area (TPSA) is 32.3 Å². The van der Waals surface area contributed by atoms with Crippen LogP contribution in [0, 0.1) is 5.41 Å². The normalized spacial score (nSPS) is 20.0. The molecule has 1 saturated heterocycles. The van der Waals surface area contributed by atoms with Crippen LogP contribution in [0.5, 0.6) is 0 Å². The Morgan fingerprint density at radius 3 is 2.80 bits per heavy atom. The van der Waals surface area contributed by atoms with E-state index in [0.29, 0.717) is 6.54 Å². The first-order chi connectivity index (χ1) is 9.45. The van der Waals surface area contributed by atoms with Crippen LogP contribution in [0.4, 0.5) is 0 Å². The highest BCUT2D eigenvalue weighted by Gasteiger charge is 2.33. The zero-order valence-electron chi connectivity index (χ0n) is 12.4. The molecule has 3 nitrogen and oxygen atoms in total. The van der Waals surface area contributed by atoms with E-state index in [4.69, 9.17) is 11.6 Å². The fourth-order valence-corrected chi connectivity index (χ4v) is 2.75. The smallest absolute Gasteiger partial charge is 0.228 e. The van der Waals surface area contributed by atoms with Gasteiger partial charge in [0, 0.05) is 30.1 Å². The van der Waals surface area contributed by atoms with Crippen LogP contribution in [0.25, 0.3) is 0 Å². The lowest BCUT2D eigenvalue weighted by Gasteiger charge is -2.38. The third-order valence-electron chi connectivity index (χ3n) is 4.21. The molecule has 0 aliphatic carbocycles. The van der Waals surface area contributed by atoms with Gasteiger partial charge < -0.3 is 10.2 Å². The fourth-order valence-electron chi connectivity index (χ4n) is 2.48. The highest BCUT2D eigenvalue weighted by Crippen LogP contribution is 2.28. The molecule has 1 heterocycles. The molecular formula is C16H23ClN2O. The van der Waals surface area contributed by atoms with Crippen LogP contribution in [-0.2, 0) is 4.79 Å². The molecule has 1 aromatic rings. The van der Waals surface area contributed by atoms with Crippen LogP contribution >= 0.6 is 11.6 Å². The largest absolute Gasteiger partial charge is 0.339 e. The van der Waals surface area contributed by atoms with Crippen molar-refractivity contribution in [1.29, 1.82) is 0 Å². The van der Waals surface area contributed by atoms with E-state index in [1.165, 1.54) is 0 Å². The molecule has 0 aromatic heterocycles. The van der Waals surface area contributed by atoms with Crippen molar-refractivity contribution in [2.45, 2.75) is 33.2 Å². The number of amides is 1. The van der Waals surface area contributed by atoms with E-state index in [0.717, 1.165) is 30.1 Å². The van der Waals surface area contributed by atoms with Crippen molar-refractivity contribution in [3.63, 3.8) is 0 Å². The Balaban J connectivity index is 2.14. The number of benzene rings is 1. The van der Waals surface area contributed by atoms with Gasteiger partial charge in [-0.3, -0.25) is 4.79 Å². The van der Waals surface area contributed by atoms with Crippen LogP contribution < -0.4 is 5.32 Å². The second-order valence-electron chi connectivity index (χ2n) is 6.02. The first kappa shape index (κ1) is 15.3. The standard InChI is InChI=1S/C16H23ClN2O/c1-4-16(2,3)15(20)19-10-9-18-14(11-19)12-7-5-6-8-13(12)17/h5-8,14,18H,4,9-11H2,1-3H3. The monoisotopic (exact) mass is 294 g/mol. The quantitative estimate of drug-likeness (QED) is 0.928. The van der Waals surface area contributed by atoms with Crippen molar-refractivity contribution in [3.05, 3.63) is 34.9 Å². The van der Waals surface area contributed by atoms with Crippen LogP contribution in [0.1, 0.15) is 38.8 Å². The summed E-state index contributed by atoms with van der Waals surface area (Å²) in [5.74, 6) is 0.235. The molecule has 4 heteroatoms. The Morgan fingerprint density at radius 2 is 2.15 bits per heavy atom. The number of hydrogen-bond acceptors (Lipinski definition) is 2. The second kappa shape index (κ2) is 6.15. The van der Waals surface area contributed by atoms with Gasteiger partial charge in [0.15, 0.2) is 0 Å². The first-order valence-corrected chi connectivity index (χ1v) is 7.60. The third kappa shape index (κ3) is 3.15. The summed E-state index contributed by atoms with van der Waals surface area (Å²) >= 11 is 6.26. The number of hydrogen-bond donors (Lipinski definition) is 1. The molecule has 1 unspecified atom stereocenters. The average molecular weight is 295 g/mol. The number of carbonyl (C=O) groups excluding carboxylic acids is 1. The minimum atomic E-state index is -0.289. The minimum Gasteiger partial charge on any atom is -0.339 e. The zero-order valence-corrected chi connectivity index (χ0v) is 13.2. The SMILES string of the molecule is CCC(C)(C)C(=O)N1CCNC(c2ccccc2Cl)C1. The molecule has 0 spiro atoms. The summed E-state index contributed by atoms with van der Waals surface area (Å²) in [7, 11) is 0. The predicted octanol–water partition coefficient (Wildman–Crippen LogP) is 3.25. The number of piperazine rings is 1. The lowest BCUT2D eigenvalue weighted by atomic mass is 9.88. The van der Waals surface area contributed by atoms with Gasteiger partial charge in [-0.25, -0.2) is 0 Å². The number of rotatable bonds is 3. The Hall–Kier alpha value is -1.06. The van der Waals surface area contributed by atoms with Crippen LogP contribution in [0.2, 0.25) is 5.02 Å². The number of nitrogens with zero attached hydrogens (tertiary/aromatic N) is 1. The minimum absolute atomic E-state index is 0.119. The van der Waals surface area contributed by atoms with Crippen molar-refractivity contribution in [1.82, 2.24) is 10.2 Å². The van der Waals surface area contributed by atoms with Crippen molar-refractivity contribution in [2.75, 3.05) is 19.6 Å². The third-order valence-corrected chi connectivity index (χ3v) is 4.55. The van der Waals surface area contributed by atoms with Gasteiger partial charge in [-0.05, 0) is 18.1 Å². The lowest BCUT2D eigenvalue weighted by molar-refractivity contribution is -0.141. The summed E-state index contributed by atoms with van der Waals surface area (Å²) in [6.45, 7) is 8.35. The van der Waals surface area contributed by atoms with Crippen LogP contribution in [0.15, 0.2) is 24.3 Å². The van der Waals surface area contributed by atoms with Gasteiger partial charge in [-0.1, -0.05) is 50.6 Å². The van der Waals surface area contributed by atoms with Crippen LogP contribution in [-0.4, -0.2) is 30.4 Å². The molecule has 1 amide bonds. The Kier molecular flexibility index (Phi) is 4.71. The van der Waals surface area contributed by atoms with Gasteiger partial charge in [0.05, 0.1) is 6.04 Å². The molecular weight excluding hydrogens is 272 g/mol. The first-order valence-electron chi connectivity index (χ1n) is 7.23. The van der Waals surface area contributed by atoms with Gasteiger partial charge in [-0.2, -0.15) is 0 Å². The molecule has 1 aliphatic heterocycles. The average Bonchev–Trinajstić information content (AvgIpc) is 2.47. The van der Waals surface area contributed by atoms with E-state index in [-0.39, 0.29) is 17.4 Å². The maximum absolute atomic E-state index is 12.6. The summed E-state index contributed by atoms with van der Waals surface area (Å²) in [4.78, 5) is 14.5. The molecule has 2 rings (SSSR count). The van der Waals surface area contributed by atoms with Crippen molar-refractivity contribution < 1.29 is 4.79 Å². The Labute approximate surface area is 126 Å². The predicted molar refractivity (Wildman–Crippen MR) is 82.8 cm³/mol. The summed E-state index contributed by atoms with van der Waals surface area (Å²) < 4.78 is 0. The molecule has 0 radical (unpaired) electrons. The molecule has 1 atom stereocenters. The molecule has 1 N–H and O–H groups in total. The van der Waals surface area contributed by atoms with Gasteiger partial charge in [0.2, 0.25) is 5.91 Å². The summed E-state index contributed by atoms with van der Waals surface area (Å²) in [5, 5.41) is 4.21. The summed E-state index contributed by atoms with van der Waals surface area (Å²) in [6.07, 6.45) is 0.854. The van der Waals surface area contributed by atoms with Gasteiger partial charge in [0.1, 0.15) is 0 Å². The van der Waals surface area contributed by atoms with Gasteiger partial charge >= 0.3 is 0 Å². The van der Waals surface area contributed by atoms with E-state index in [1.54, 1.807) is 0 Å². The molecule has 20 heavy (non-hydrogen) atoms. The highest BCUT2D eigenvalue weighted by molar-refractivity contribution is 6.31. The maximum Gasteiger partial charge on any atom is 0.228 e. The molecule has 1 aliphatic rings. The molecule has 1 fully saturated rings. The zero-order chi connectivity index (χ0) is 14.8. The molecule has 1 aromatic carbocycles. The van der Waals surface area contributed by atoms with Crippen molar-refractivity contribution in [3.8, 4) is 0 Å². The van der Waals surface area contributed by atoms with Crippen LogP contribution in [0.3, 0.4) is 0 Å². The van der Waals surface area contributed by atoms with E-state index in [9.17, 15) is 4.79 Å². The number of nitrogens with one attached hydrogen (secondary N) is 1. The highest BCUT2D eigenvalue weighted by atomic mass is 35.5. The van der Waals surface area contributed by atoms with Crippen molar-refractivity contribution >= 4 is 17.5 Å². The Morgan fingerprint density at radius 1 is 1.45 bits per heavy atom. The van der Waals surface area contributed by atoms with E-state index in [1.807, 2.05) is 43.0 Å². The summed E-state index contributed by atoms with van der Waals surface area (Å²) in [6, 6.07) is 7.96. The number of carbonyl (C=O) groups is 1. The number of halogens is 1. The lowest BCUT2D eigenvalue weighted by Crippen LogP contribution is -2.51. The van der Waals surface area contributed by atoms with Crippen molar-refractivity contribution in [2.24, 2.45) is 5.41 Å².